The highest BCUT2D eigenvalue weighted by atomic mass is 16.5. The van der Waals surface area contributed by atoms with Crippen molar-refractivity contribution in [3.05, 3.63) is 0 Å². The molecule has 2 atom stereocenters. The van der Waals surface area contributed by atoms with Gasteiger partial charge in [-0.25, -0.2) is 0 Å². The molecule has 0 aromatic rings. The molecule has 6 nitrogen and oxygen atoms in total. The van der Waals surface area contributed by atoms with Crippen LogP contribution in [0.5, 0.6) is 0 Å². The van der Waals surface area contributed by atoms with Gasteiger partial charge in [0.2, 0.25) is 0 Å². The first-order chi connectivity index (χ1) is 7.54. The van der Waals surface area contributed by atoms with Crippen LogP contribution in [0.2, 0.25) is 0 Å². The highest BCUT2D eigenvalue weighted by Gasteiger charge is 2.36. The molecule has 92 valence electrons. The lowest BCUT2D eigenvalue weighted by Gasteiger charge is -2.30. The topological polar surface area (TPSA) is 104 Å². The zero-order valence-corrected chi connectivity index (χ0v) is 8.83. The van der Waals surface area contributed by atoms with E-state index in [1.165, 1.54) is 0 Å². The Morgan fingerprint density at radius 1 is 1.06 bits per heavy atom. The SMILES string of the molecule is O=C(O)C1CC(OCCO)CC(C(=O)O)C1. The summed E-state index contributed by atoms with van der Waals surface area (Å²) in [7, 11) is 0. The molecular weight excluding hydrogens is 216 g/mol. The van der Waals surface area contributed by atoms with Crippen LogP contribution in [0.1, 0.15) is 19.3 Å². The first-order valence-electron chi connectivity index (χ1n) is 5.22. The Labute approximate surface area is 92.8 Å². The minimum absolute atomic E-state index is 0.114. The van der Waals surface area contributed by atoms with Crippen molar-refractivity contribution in [2.24, 2.45) is 11.8 Å². The molecule has 0 aliphatic heterocycles. The number of aliphatic hydroxyl groups excluding tert-OH is 1. The third kappa shape index (κ3) is 3.46. The summed E-state index contributed by atoms with van der Waals surface area (Å²) in [6, 6.07) is 0. The van der Waals surface area contributed by atoms with Crippen LogP contribution >= 0.6 is 0 Å². The van der Waals surface area contributed by atoms with Gasteiger partial charge in [0.15, 0.2) is 0 Å². The maximum absolute atomic E-state index is 10.8. The molecule has 6 heteroatoms. The highest BCUT2D eigenvalue weighted by Crippen LogP contribution is 2.31. The van der Waals surface area contributed by atoms with Gasteiger partial charge in [0.25, 0.3) is 0 Å². The first-order valence-corrected chi connectivity index (χ1v) is 5.22. The summed E-state index contributed by atoms with van der Waals surface area (Å²) in [4.78, 5) is 21.7. The predicted molar refractivity (Wildman–Crippen MR) is 52.9 cm³/mol. The fourth-order valence-electron chi connectivity index (χ4n) is 2.03. The van der Waals surface area contributed by atoms with E-state index in [1.54, 1.807) is 0 Å². The molecule has 0 amide bonds. The number of hydrogen-bond donors (Lipinski definition) is 3. The van der Waals surface area contributed by atoms with Crippen LogP contribution in [0, 0.1) is 11.8 Å². The summed E-state index contributed by atoms with van der Waals surface area (Å²) in [6.45, 7) is -0.0324. The molecule has 1 rings (SSSR count). The average molecular weight is 232 g/mol. The number of carboxylic acids is 2. The second-order valence-electron chi connectivity index (χ2n) is 3.99. The summed E-state index contributed by atoms with van der Waals surface area (Å²) in [5.74, 6) is -3.30. The minimum atomic E-state index is -0.983. The van der Waals surface area contributed by atoms with E-state index in [4.69, 9.17) is 20.1 Å². The third-order valence-electron chi connectivity index (χ3n) is 2.81. The Morgan fingerprint density at radius 3 is 1.94 bits per heavy atom. The number of hydrogen-bond acceptors (Lipinski definition) is 4. The van der Waals surface area contributed by atoms with E-state index < -0.39 is 23.8 Å². The average Bonchev–Trinajstić information content (AvgIpc) is 2.25. The molecule has 0 heterocycles. The van der Waals surface area contributed by atoms with Crippen LogP contribution in [0.3, 0.4) is 0 Å². The van der Waals surface area contributed by atoms with Gasteiger partial charge in [-0.2, -0.15) is 0 Å². The minimum Gasteiger partial charge on any atom is -0.481 e. The molecule has 0 bridgehead atoms. The molecule has 0 radical (unpaired) electrons. The summed E-state index contributed by atoms with van der Waals surface area (Å²) in [6.07, 6.45) is 0.408. The van der Waals surface area contributed by atoms with Crippen LogP contribution in [-0.2, 0) is 14.3 Å². The molecule has 0 aromatic carbocycles. The van der Waals surface area contributed by atoms with Crippen molar-refractivity contribution in [2.75, 3.05) is 13.2 Å². The number of rotatable bonds is 5. The molecule has 3 N–H and O–H groups in total. The van der Waals surface area contributed by atoms with E-state index in [0.717, 1.165) is 0 Å². The van der Waals surface area contributed by atoms with Crippen molar-refractivity contribution in [1.29, 1.82) is 0 Å². The lowest BCUT2D eigenvalue weighted by Crippen LogP contribution is -2.36. The van der Waals surface area contributed by atoms with Crippen LogP contribution in [-0.4, -0.2) is 46.6 Å². The third-order valence-corrected chi connectivity index (χ3v) is 2.81. The molecule has 0 spiro atoms. The van der Waals surface area contributed by atoms with Gasteiger partial charge in [0.1, 0.15) is 0 Å². The first kappa shape index (κ1) is 12.9. The van der Waals surface area contributed by atoms with Gasteiger partial charge >= 0.3 is 11.9 Å². The molecular formula is C10H16O6. The fraction of sp³-hybridized carbons (Fsp3) is 0.800. The van der Waals surface area contributed by atoms with Crippen LogP contribution < -0.4 is 0 Å². The van der Waals surface area contributed by atoms with Crippen molar-refractivity contribution in [1.82, 2.24) is 0 Å². The molecule has 2 unspecified atom stereocenters. The quantitative estimate of drug-likeness (QED) is 0.614. The zero-order valence-electron chi connectivity index (χ0n) is 8.83. The van der Waals surface area contributed by atoms with E-state index >= 15 is 0 Å². The number of aliphatic hydroxyl groups is 1. The number of carboxylic acid groups (broad SMARTS) is 2. The standard InChI is InChI=1S/C10H16O6/c11-1-2-16-8-4-6(9(12)13)3-7(5-8)10(14)15/h6-8,11H,1-5H2,(H,12,13)(H,14,15). The summed E-state index contributed by atoms with van der Waals surface area (Å²) in [5, 5.41) is 26.4. The normalized spacial score (nSPS) is 29.9. The largest absolute Gasteiger partial charge is 0.481 e. The van der Waals surface area contributed by atoms with Gasteiger partial charge in [-0.15, -0.1) is 0 Å². The van der Waals surface area contributed by atoms with Crippen molar-refractivity contribution >= 4 is 11.9 Å². The molecule has 1 fully saturated rings. The lowest BCUT2D eigenvalue weighted by molar-refractivity contribution is -0.152. The highest BCUT2D eigenvalue weighted by molar-refractivity contribution is 5.74. The summed E-state index contributed by atoms with van der Waals surface area (Å²) >= 11 is 0. The van der Waals surface area contributed by atoms with Gasteiger partial charge in [0, 0.05) is 0 Å². The van der Waals surface area contributed by atoms with Gasteiger partial charge in [-0.3, -0.25) is 9.59 Å². The number of ether oxygens (including phenoxy) is 1. The Hall–Kier alpha value is -1.14. The van der Waals surface area contributed by atoms with Gasteiger partial charge < -0.3 is 20.1 Å². The molecule has 16 heavy (non-hydrogen) atoms. The maximum Gasteiger partial charge on any atom is 0.306 e. The van der Waals surface area contributed by atoms with Crippen LogP contribution in [0.4, 0.5) is 0 Å². The van der Waals surface area contributed by atoms with Crippen molar-refractivity contribution in [3.8, 4) is 0 Å². The van der Waals surface area contributed by atoms with Gasteiger partial charge in [-0.1, -0.05) is 0 Å². The Bertz CT molecular complexity index is 242. The second-order valence-corrected chi connectivity index (χ2v) is 3.99. The lowest BCUT2D eigenvalue weighted by atomic mass is 9.80. The van der Waals surface area contributed by atoms with Gasteiger partial charge in [-0.05, 0) is 19.3 Å². The van der Waals surface area contributed by atoms with Crippen molar-refractivity contribution < 1.29 is 29.6 Å². The smallest absolute Gasteiger partial charge is 0.306 e. The maximum atomic E-state index is 10.8. The molecule has 1 aliphatic rings. The Morgan fingerprint density at radius 2 is 1.56 bits per heavy atom. The molecule has 1 aliphatic carbocycles. The zero-order chi connectivity index (χ0) is 12.1. The van der Waals surface area contributed by atoms with E-state index in [2.05, 4.69) is 0 Å². The van der Waals surface area contributed by atoms with Crippen molar-refractivity contribution in [3.63, 3.8) is 0 Å². The van der Waals surface area contributed by atoms with E-state index in [9.17, 15) is 9.59 Å². The summed E-state index contributed by atoms with van der Waals surface area (Å²) < 4.78 is 5.22. The Kier molecular flexibility index (Phi) is 4.70. The second kappa shape index (κ2) is 5.81. The van der Waals surface area contributed by atoms with Gasteiger partial charge in [0.05, 0.1) is 31.2 Å². The van der Waals surface area contributed by atoms with E-state index in [1.807, 2.05) is 0 Å². The molecule has 1 saturated carbocycles. The van der Waals surface area contributed by atoms with Crippen LogP contribution in [0.25, 0.3) is 0 Å². The summed E-state index contributed by atoms with van der Waals surface area (Å²) in [5.41, 5.74) is 0. The molecule has 0 aromatic heterocycles. The van der Waals surface area contributed by atoms with Crippen molar-refractivity contribution in [2.45, 2.75) is 25.4 Å². The predicted octanol–water partition coefficient (Wildman–Crippen LogP) is -0.0506. The van der Waals surface area contributed by atoms with E-state index in [-0.39, 0.29) is 25.7 Å². The number of aliphatic carboxylic acids is 2. The molecule has 0 saturated heterocycles. The van der Waals surface area contributed by atoms with Crippen LogP contribution in [0.15, 0.2) is 0 Å². The van der Waals surface area contributed by atoms with E-state index in [0.29, 0.717) is 12.8 Å². The fourth-order valence-corrected chi connectivity index (χ4v) is 2.03. The Balaban J connectivity index is 2.59. The number of carbonyl (C=O) groups is 2. The monoisotopic (exact) mass is 232 g/mol.